The van der Waals surface area contributed by atoms with Gasteiger partial charge in [0.15, 0.2) is 0 Å². The van der Waals surface area contributed by atoms with Crippen LogP contribution in [0.15, 0.2) is 223 Å². The SMILES string of the molecule is CC(C)(C)c1ccc(N(c2ccc(C(C)(C)C)cc2)c2ccc3c(c2)N(c2ccc(-c4cccc5c4oc4ccccc45)cc2)c2cc(C(C)(C)C)cc4c2B3c2cc(-c3ccccc3)ccc2N4c2ccc(C(C)(C)C)cc2)cc1. The lowest BCUT2D eigenvalue weighted by atomic mass is 9.33. The fraction of sp³-hybridized carbons (Fsp3) is 0.211. The smallest absolute Gasteiger partial charge is 0.252 e. The maximum absolute atomic E-state index is 6.64. The van der Waals surface area contributed by atoms with Gasteiger partial charge in [0.25, 0.3) is 6.71 Å². The van der Waals surface area contributed by atoms with Crippen LogP contribution in [0.5, 0.6) is 0 Å². The summed E-state index contributed by atoms with van der Waals surface area (Å²) in [6.45, 7) is 27.6. The van der Waals surface area contributed by atoms with Crippen molar-refractivity contribution in [1.82, 2.24) is 0 Å². The molecule has 0 aliphatic carbocycles. The minimum atomic E-state index is -0.182. The Kier molecular flexibility index (Phi) is 12.2. The van der Waals surface area contributed by atoms with Gasteiger partial charge in [0.2, 0.25) is 0 Å². The molecule has 3 heterocycles. The Morgan fingerprint density at radius 1 is 0.346 bits per heavy atom. The maximum Gasteiger partial charge on any atom is 0.252 e. The molecule has 0 saturated carbocycles. The highest BCUT2D eigenvalue weighted by Gasteiger charge is 2.45. The molecular formula is C76H72BN3O. The summed E-state index contributed by atoms with van der Waals surface area (Å²) < 4.78 is 6.64. The molecule has 0 amide bonds. The summed E-state index contributed by atoms with van der Waals surface area (Å²) in [6, 6.07) is 82.2. The number of furan rings is 1. The van der Waals surface area contributed by atoms with E-state index in [1.54, 1.807) is 0 Å². The minimum absolute atomic E-state index is 0.0118. The van der Waals surface area contributed by atoms with Crippen molar-refractivity contribution in [1.29, 1.82) is 0 Å². The Labute approximate surface area is 480 Å². The van der Waals surface area contributed by atoms with Crippen LogP contribution in [-0.4, -0.2) is 6.71 Å². The van der Waals surface area contributed by atoms with Crippen LogP contribution in [0.1, 0.15) is 105 Å². The highest BCUT2D eigenvalue weighted by Crippen LogP contribution is 2.49. The van der Waals surface area contributed by atoms with Crippen molar-refractivity contribution in [3.05, 3.63) is 241 Å². The number of fused-ring (bicyclic) bond motifs is 7. The molecule has 0 bridgehead atoms. The Bertz CT molecular complexity index is 4130. The van der Waals surface area contributed by atoms with Crippen LogP contribution in [0, 0.1) is 0 Å². The van der Waals surface area contributed by atoms with Gasteiger partial charge in [0, 0.05) is 67.5 Å². The Morgan fingerprint density at radius 2 is 0.840 bits per heavy atom. The average molecular weight is 1050 g/mol. The Morgan fingerprint density at radius 3 is 1.42 bits per heavy atom. The topological polar surface area (TPSA) is 22.9 Å². The van der Waals surface area contributed by atoms with Crippen LogP contribution < -0.4 is 31.1 Å². The van der Waals surface area contributed by atoms with Gasteiger partial charge in [0.1, 0.15) is 11.2 Å². The number of anilines is 9. The highest BCUT2D eigenvalue weighted by molar-refractivity contribution is 7.00. The zero-order valence-electron chi connectivity index (χ0n) is 49.1. The minimum Gasteiger partial charge on any atom is -0.455 e. The third-order valence-electron chi connectivity index (χ3n) is 17.1. The molecule has 10 aromatic carbocycles. The first-order valence-electron chi connectivity index (χ1n) is 28.9. The summed E-state index contributed by atoms with van der Waals surface area (Å²) in [7, 11) is 0. The van der Waals surface area contributed by atoms with E-state index in [1.807, 2.05) is 6.07 Å². The molecule has 1 aromatic heterocycles. The van der Waals surface area contributed by atoms with Gasteiger partial charge in [-0.2, -0.15) is 0 Å². The number of hydrogen-bond acceptors (Lipinski definition) is 4. The van der Waals surface area contributed by atoms with Gasteiger partial charge in [-0.1, -0.05) is 217 Å². The second-order valence-corrected chi connectivity index (χ2v) is 26.7. The predicted molar refractivity (Wildman–Crippen MR) is 348 cm³/mol. The molecule has 0 unspecified atom stereocenters. The lowest BCUT2D eigenvalue weighted by Crippen LogP contribution is -2.61. The van der Waals surface area contributed by atoms with Crippen molar-refractivity contribution in [2.24, 2.45) is 0 Å². The summed E-state index contributed by atoms with van der Waals surface area (Å²) in [5.74, 6) is 0. The molecule has 4 nitrogen and oxygen atoms in total. The van der Waals surface area contributed by atoms with Gasteiger partial charge in [-0.25, -0.2) is 0 Å². The largest absolute Gasteiger partial charge is 0.455 e. The molecule has 13 rings (SSSR count). The number of para-hydroxylation sites is 2. The van der Waals surface area contributed by atoms with Crippen molar-refractivity contribution >= 4 is 96.2 Å². The van der Waals surface area contributed by atoms with Crippen LogP contribution in [0.4, 0.5) is 51.2 Å². The summed E-state index contributed by atoms with van der Waals surface area (Å²) in [5, 5.41) is 2.26. The molecule has 11 aromatic rings. The maximum atomic E-state index is 6.64. The first-order valence-corrected chi connectivity index (χ1v) is 28.9. The first-order chi connectivity index (χ1) is 38.7. The fourth-order valence-corrected chi connectivity index (χ4v) is 12.5. The van der Waals surface area contributed by atoms with E-state index in [4.69, 9.17) is 4.42 Å². The number of benzene rings is 10. The molecular weight excluding hydrogens is 982 g/mol. The van der Waals surface area contributed by atoms with Crippen LogP contribution >= 0.6 is 0 Å². The van der Waals surface area contributed by atoms with Crippen molar-refractivity contribution < 1.29 is 4.42 Å². The van der Waals surface area contributed by atoms with Gasteiger partial charge < -0.3 is 19.1 Å². The highest BCUT2D eigenvalue weighted by atomic mass is 16.3. The summed E-state index contributed by atoms with van der Waals surface area (Å²) in [5.41, 5.74) is 25.5. The number of hydrogen-bond donors (Lipinski definition) is 0. The molecule has 400 valence electrons. The molecule has 2 aliphatic rings. The zero-order chi connectivity index (χ0) is 56.3. The molecule has 0 radical (unpaired) electrons. The lowest BCUT2D eigenvalue weighted by Gasteiger charge is -2.45. The number of rotatable bonds is 7. The van der Waals surface area contributed by atoms with Gasteiger partial charge in [0.05, 0.1) is 0 Å². The van der Waals surface area contributed by atoms with E-state index in [0.717, 1.165) is 67.2 Å². The van der Waals surface area contributed by atoms with E-state index in [1.165, 1.54) is 66.8 Å². The molecule has 0 atom stereocenters. The molecule has 0 saturated heterocycles. The van der Waals surface area contributed by atoms with Crippen LogP contribution in [0.3, 0.4) is 0 Å². The number of nitrogens with zero attached hydrogens (tertiary/aromatic N) is 3. The van der Waals surface area contributed by atoms with Gasteiger partial charge >= 0.3 is 0 Å². The van der Waals surface area contributed by atoms with E-state index in [9.17, 15) is 0 Å². The Balaban J connectivity index is 1.08. The second kappa shape index (κ2) is 19.1. The molecule has 2 aliphatic heterocycles. The third-order valence-corrected chi connectivity index (χ3v) is 17.1. The molecule has 81 heavy (non-hydrogen) atoms. The van der Waals surface area contributed by atoms with Gasteiger partial charge in [-0.15, -0.1) is 0 Å². The molecule has 0 spiro atoms. The van der Waals surface area contributed by atoms with Crippen molar-refractivity contribution in [2.75, 3.05) is 14.7 Å². The molecule has 0 fully saturated rings. The van der Waals surface area contributed by atoms with Crippen molar-refractivity contribution in [3.63, 3.8) is 0 Å². The molecule has 0 N–H and O–H groups in total. The zero-order valence-corrected chi connectivity index (χ0v) is 49.1. The Hall–Kier alpha value is -8.54. The van der Waals surface area contributed by atoms with Crippen LogP contribution in [-0.2, 0) is 21.7 Å². The standard InChI is InChI=1S/C76H72BN3O/c1-73(2,3)52-28-36-56(37-29-52)78(57-38-30-53(31-39-57)74(4,5)6)60-42-43-64-67(48-60)80(58-34-25-50(26-35-58)61-22-18-23-63-62-21-16-17-24-70(62)81-72(61)63)69-47-55(76(10,11)12)46-68-71(69)77(64)65-45-51(49-19-14-13-15-20-49)27-44-66(65)79(68)59-40-32-54(33-41-59)75(7,8)9/h13-48H,1-12H3. The summed E-state index contributed by atoms with van der Waals surface area (Å²) in [6.07, 6.45) is 0. The quantitative estimate of drug-likeness (QED) is 0.148. The second-order valence-electron chi connectivity index (χ2n) is 26.7. The van der Waals surface area contributed by atoms with E-state index in [2.05, 4.69) is 310 Å². The van der Waals surface area contributed by atoms with E-state index < -0.39 is 0 Å². The van der Waals surface area contributed by atoms with E-state index in [-0.39, 0.29) is 28.4 Å². The lowest BCUT2D eigenvalue weighted by molar-refractivity contribution is 0.590. The van der Waals surface area contributed by atoms with Crippen molar-refractivity contribution in [2.45, 2.75) is 105 Å². The fourth-order valence-electron chi connectivity index (χ4n) is 12.5. The van der Waals surface area contributed by atoms with E-state index in [0.29, 0.717) is 0 Å². The van der Waals surface area contributed by atoms with E-state index >= 15 is 0 Å². The molecule has 5 heteroatoms. The predicted octanol–water partition coefficient (Wildman–Crippen LogP) is 19.7. The van der Waals surface area contributed by atoms with Crippen molar-refractivity contribution in [3.8, 4) is 22.3 Å². The summed E-state index contributed by atoms with van der Waals surface area (Å²) in [4.78, 5) is 7.58. The monoisotopic (exact) mass is 1050 g/mol. The average Bonchev–Trinajstić information content (AvgIpc) is 3.91. The van der Waals surface area contributed by atoms with Crippen LogP contribution in [0.2, 0.25) is 0 Å². The third kappa shape index (κ3) is 9.12. The van der Waals surface area contributed by atoms with Crippen LogP contribution in [0.25, 0.3) is 44.2 Å². The normalized spacial score (nSPS) is 13.4. The van der Waals surface area contributed by atoms with Gasteiger partial charge in [-0.3, -0.25) is 0 Å². The summed E-state index contributed by atoms with van der Waals surface area (Å²) >= 11 is 0. The van der Waals surface area contributed by atoms with Gasteiger partial charge in [-0.05, 0) is 162 Å². The first kappa shape index (κ1) is 51.9.